The zero-order chi connectivity index (χ0) is 15.6. The lowest BCUT2D eigenvalue weighted by Crippen LogP contribution is -2.38. The highest BCUT2D eigenvalue weighted by Crippen LogP contribution is 2.44. The van der Waals surface area contributed by atoms with Crippen molar-refractivity contribution in [2.24, 2.45) is 0 Å². The summed E-state index contributed by atoms with van der Waals surface area (Å²) in [5.41, 5.74) is 0.0000591. The molecular weight excluding hydrogens is 298 g/mol. The van der Waals surface area contributed by atoms with Crippen molar-refractivity contribution < 1.29 is 14.3 Å². The third-order valence-electron chi connectivity index (χ3n) is 4.45. The molecule has 2 aromatic rings. The Kier molecular flexibility index (Phi) is 4.36. The van der Waals surface area contributed by atoms with Crippen molar-refractivity contribution in [2.45, 2.75) is 44.1 Å². The predicted octanol–water partition coefficient (Wildman–Crippen LogP) is 3.64. The number of furan rings is 1. The van der Waals surface area contributed by atoms with E-state index in [-0.39, 0.29) is 11.3 Å². The van der Waals surface area contributed by atoms with Gasteiger partial charge in [-0.2, -0.15) is 0 Å². The van der Waals surface area contributed by atoms with Gasteiger partial charge < -0.3 is 14.8 Å². The standard InChI is InChI=1S/C17H21NO3S/c1-12(19)14-6-7-15(22-14)17(8-2-3-9-17)11-18-16(20)13-5-4-10-21-13/h4-7,10,12,19H,2-3,8-9,11H2,1H3,(H,18,20)/t12-/m1/s1. The molecular formula is C17H21NO3S. The number of hydrogen-bond donors (Lipinski definition) is 2. The molecule has 3 rings (SSSR count). The number of carbonyl (C=O) groups is 1. The first-order valence-corrected chi connectivity index (χ1v) is 8.52. The molecule has 1 aliphatic carbocycles. The maximum Gasteiger partial charge on any atom is 0.287 e. The molecule has 2 aromatic heterocycles. The monoisotopic (exact) mass is 319 g/mol. The lowest BCUT2D eigenvalue weighted by Gasteiger charge is -2.28. The van der Waals surface area contributed by atoms with E-state index in [0.29, 0.717) is 12.3 Å². The molecule has 4 nitrogen and oxygen atoms in total. The molecule has 1 saturated carbocycles. The molecule has 1 amide bonds. The molecule has 5 heteroatoms. The molecule has 0 radical (unpaired) electrons. The first-order chi connectivity index (χ1) is 10.6. The van der Waals surface area contributed by atoms with Gasteiger partial charge in [-0.1, -0.05) is 12.8 Å². The van der Waals surface area contributed by atoms with E-state index < -0.39 is 6.10 Å². The predicted molar refractivity (Wildman–Crippen MR) is 86.1 cm³/mol. The molecule has 1 fully saturated rings. The highest BCUT2D eigenvalue weighted by atomic mass is 32.1. The second kappa shape index (κ2) is 6.26. The minimum Gasteiger partial charge on any atom is -0.459 e. The van der Waals surface area contributed by atoms with E-state index in [9.17, 15) is 9.90 Å². The van der Waals surface area contributed by atoms with Crippen LogP contribution in [0.1, 0.15) is 59.0 Å². The molecule has 0 unspecified atom stereocenters. The maximum absolute atomic E-state index is 12.1. The third-order valence-corrected chi connectivity index (χ3v) is 5.96. The average molecular weight is 319 g/mol. The normalized spacial score (nSPS) is 18.3. The summed E-state index contributed by atoms with van der Waals surface area (Å²) < 4.78 is 5.14. The van der Waals surface area contributed by atoms with Crippen molar-refractivity contribution in [2.75, 3.05) is 6.54 Å². The molecule has 2 heterocycles. The Bertz CT molecular complexity index is 624. The Morgan fingerprint density at radius 3 is 2.77 bits per heavy atom. The van der Waals surface area contributed by atoms with Crippen LogP contribution in [0.2, 0.25) is 0 Å². The SMILES string of the molecule is C[C@@H](O)c1ccc(C2(CNC(=O)c3ccco3)CCCC2)s1. The molecule has 1 aliphatic rings. The number of aliphatic hydroxyl groups is 1. The number of hydrogen-bond acceptors (Lipinski definition) is 4. The number of nitrogens with one attached hydrogen (secondary N) is 1. The Balaban J connectivity index is 1.75. The van der Waals surface area contributed by atoms with Crippen molar-refractivity contribution >= 4 is 17.2 Å². The quantitative estimate of drug-likeness (QED) is 0.884. The highest BCUT2D eigenvalue weighted by molar-refractivity contribution is 7.12. The topological polar surface area (TPSA) is 62.5 Å². The van der Waals surface area contributed by atoms with Gasteiger partial charge in [-0.15, -0.1) is 11.3 Å². The third kappa shape index (κ3) is 2.96. The molecule has 1 atom stereocenters. The first-order valence-electron chi connectivity index (χ1n) is 7.71. The van der Waals surface area contributed by atoms with Gasteiger partial charge in [-0.3, -0.25) is 4.79 Å². The van der Waals surface area contributed by atoms with Gasteiger partial charge in [0.1, 0.15) is 0 Å². The van der Waals surface area contributed by atoms with Crippen LogP contribution in [0.3, 0.4) is 0 Å². The van der Waals surface area contributed by atoms with Gasteiger partial charge in [0.2, 0.25) is 0 Å². The summed E-state index contributed by atoms with van der Waals surface area (Å²) in [6.45, 7) is 2.40. The fraction of sp³-hybridized carbons (Fsp3) is 0.471. The van der Waals surface area contributed by atoms with Crippen LogP contribution in [0.5, 0.6) is 0 Å². The summed E-state index contributed by atoms with van der Waals surface area (Å²) in [4.78, 5) is 14.4. The van der Waals surface area contributed by atoms with Crippen LogP contribution in [-0.4, -0.2) is 17.6 Å². The minimum atomic E-state index is -0.435. The van der Waals surface area contributed by atoms with Crippen LogP contribution >= 0.6 is 11.3 Å². The van der Waals surface area contributed by atoms with Crippen molar-refractivity contribution in [1.29, 1.82) is 0 Å². The lowest BCUT2D eigenvalue weighted by molar-refractivity contribution is 0.0915. The molecule has 22 heavy (non-hydrogen) atoms. The van der Waals surface area contributed by atoms with Crippen LogP contribution in [0.4, 0.5) is 0 Å². The van der Waals surface area contributed by atoms with Gasteiger partial charge in [-0.05, 0) is 44.0 Å². The minimum absolute atomic E-state index is 0.0000591. The highest BCUT2D eigenvalue weighted by Gasteiger charge is 2.37. The van der Waals surface area contributed by atoms with Gasteiger partial charge in [0.05, 0.1) is 12.4 Å². The van der Waals surface area contributed by atoms with E-state index in [1.165, 1.54) is 24.0 Å². The number of rotatable bonds is 5. The molecule has 0 saturated heterocycles. The molecule has 118 valence electrons. The molecule has 2 N–H and O–H groups in total. The van der Waals surface area contributed by atoms with E-state index in [4.69, 9.17) is 4.42 Å². The fourth-order valence-electron chi connectivity index (χ4n) is 3.17. The molecule has 0 bridgehead atoms. The van der Waals surface area contributed by atoms with Crippen LogP contribution in [-0.2, 0) is 5.41 Å². The zero-order valence-electron chi connectivity index (χ0n) is 12.7. The molecule has 0 aliphatic heterocycles. The van der Waals surface area contributed by atoms with E-state index in [2.05, 4.69) is 11.4 Å². The lowest BCUT2D eigenvalue weighted by atomic mass is 9.84. The van der Waals surface area contributed by atoms with E-state index >= 15 is 0 Å². The van der Waals surface area contributed by atoms with Crippen molar-refractivity contribution in [3.63, 3.8) is 0 Å². The van der Waals surface area contributed by atoms with Gasteiger partial charge in [-0.25, -0.2) is 0 Å². The van der Waals surface area contributed by atoms with Crippen LogP contribution < -0.4 is 5.32 Å². The Morgan fingerprint density at radius 1 is 1.41 bits per heavy atom. The van der Waals surface area contributed by atoms with Gasteiger partial charge in [0, 0.05) is 21.7 Å². The summed E-state index contributed by atoms with van der Waals surface area (Å²) in [7, 11) is 0. The number of amides is 1. The van der Waals surface area contributed by atoms with Gasteiger partial charge >= 0.3 is 0 Å². The Morgan fingerprint density at radius 2 is 2.18 bits per heavy atom. The van der Waals surface area contributed by atoms with Gasteiger partial charge in [0.15, 0.2) is 5.76 Å². The van der Waals surface area contributed by atoms with E-state index in [1.807, 2.05) is 6.07 Å². The smallest absolute Gasteiger partial charge is 0.287 e. The van der Waals surface area contributed by atoms with E-state index in [1.54, 1.807) is 30.4 Å². The average Bonchev–Trinajstić information content (AvgIpc) is 3.24. The second-order valence-corrected chi connectivity index (χ2v) is 7.14. The first kappa shape index (κ1) is 15.3. The van der Waals surface area contributed by atoms with Gasteiger partial charge in [0.25, 0.3) is 5.91 Å². The molecule has 0 aromatic carbocycles. The second-order valence-electron chi connectivity index (χ2n) is 6.03. The summed E-state index contributed by atoms with van der Waals surface area (Å²) in [5.74, 6) is 0.188. The number of carbonyl (C=O) groups excluding carboxylic acids is 1. The van der Waals surface area contributed by atoms with Crippen molar-refractivity contribution in [3.05, 3.63) is 46.0 Å². The number of aliphatic hydroxyl groups excluding tert-OH is 1. The Labute approximate surface area is 134 Å². The van der Waals surface area contributed by atoms with Crippen molar-refractivity contribution in [1.82, 2.24) is 5.32 Å². The largest absolute Gasteiger partial charge is 0.459 e. The van der Waals surface area contributed by atoms with Crippen LogP contribution in [0.25, 0.3) is 0 Å². The summed E-state index contributed by atoms with van der Waals surface area (Å²) in [5, 5.41) is 12.8. The molecule has 0 spiro atoms. The van der Waals surface area contributed by atoms with E-state index in [0.717, 1.165) is 17.7 Å². The van der Waals surface area contributed by atoms with Crippen molar-refractivity contribution in [3.8, 4) is 0 Å². The fourth-order valence-corrected chi connectivity index (χ4v) is 4.36. The van der Waals surface area contributed by atoms with Crippen LogP contribution in [0.15, 0.2) is 34.9 Å². The number of thiophene rings is 1. The van der Waals surface area contributed by atoms with Crippen LogP contribution in [0, 0.1) is 0 Å². The maximum atomic E-state index is 12.1. The summed E-state index contributed by atoms with van der Waals surface area (Å²) >= 11 is 1.66. The Hall–Kier alpha value is -1.59. The zero-order valence-corrected chi connectivity index (χ0v) is 13.5. The summed E-state index contributed by atoms with van der Waals surface area (Å²) in [6, 6.07) is 7.50. The summed E-state index contributed by atoms with van der Waals surface area (Å²) in [6.07, 6.45) is 5.58.